The summed E-state index contributed by atoms with van der Waals surface area (Å²) in [4.78, 5) is 23.2. The van der Waals surface area contributed by atoms with Crippen LogP contribution in [0.4, 0.5) is 5.69 Å². The van der Waals surface area contributed by atoms with E-state index in [4.69, 9.17) is 0 Å². The van der Waals surface area contributed by atoms with Crippen molar-refractivity contribution in [3.05, 3.63) is 74.8 Å². The van der Waals surface area contributed by atoms with Crippen LogP contribution in [0.15, 0.2) is 42.5 Å². The van der Waals surface area contributed by atoms with E-state index in [-0.39, 0.29) is 17.3 Å². The average Bonchev–Trinajstić information content (AvgIpc) is 2.59. The molecule has 0 aromatic heterocycles. The predicted molar refractivity (Wildman–Crippen MR) is 91.1 cm³/mol. The quantitative estimate of drug-likeness (QED) is 0.668. The van der Waals surface area contributed by atoms with Crippen molar-refractivity contribution in [2.45, 2.75) is 19.4 Å². The molecule has 6 heteroatoms. The molecular weight excluding hydrogens is 306 g/mol. The number of carbonyl (C=O) groups is 1. The molecule has 0 radical (unpaired) electrons. The number of nitrogens with one attached hydrogen (secondary N) is 2. The molecule has 1 heterocycles. The van der Waals surface area contributed by atoms with Crippen LogP contribution in [0, 0.1) is 17.0 Å². The number of nitrogens with zero attached hydrogens (tertiary/aromatic N) is 1. The zero-order chi connectivity index (χ0) is 17.1. The van der Waals surface area contributed by atoms with E-state index >= 15 is 0 Å². The Morgan fingerprint density at radius 3 is 2.88 bits per heavy atom. The molecule has 1 aliphatic rings. The molecule has 0 saturated carbocycles. The minimum absolute atomic E-state index is 0.0164. The zero-order valence-electron chi connectivity index (χ0n) is 13.4. The number of nitro groups is 1. The van der Waals surface area contributed by atoms with Gasteiger partial charge in [0.15, 0.2) is 0 Å². The van der Waals surface area contributed by atoms with Gasteiger partial charge in [0.1, 0.15) is 5.56 Å². The van der Waals surface area contributed by atoms with Crippen molar-refractivity contribution in [2.24, 2.45) is 0 Å². The molecule has 6 nitrogen and oxygen atoms in total. The lowest BCUT2D eigenvalue weighted by Gasteiger charge is -2.27. The van der Waals surface area contributed by atoms with Gasteiger partial charge in [-0.15, -0.1) is 0 Å². The highest BCUT2D eigenvalue weighted by molar-refractivity contribution is 5.98. The lowest BCUT2D eigenvalue weighted by molar-refractivity contribution is -0.385. The summed E-state index contributed by atoms with van der Waals surface area (Å²) < 4.78 is 0. The van der Waals surface area contributed by atoms with E-state index in [0.717, 1.165) is 13.0 Å². The molecule has 0 aliphatic carbocycles. The molecule has 2 aromatic rings. The van der Waals surface area contributed by atoms with Crippen molar-refractivity contribution in [1.82, 2.24) is 10.6 Å². The second-order valence-corrected chi connectivity index (χ2v) is 5.89. The van der Waals surface area contributed by atoms with E-state index in [9.17, 15) is 14.9 Å². The molecule has 0 fully saturated rings. The van der Waals surface area contributed by atoms with Crippen LogP contribution in [0.1, 0.15) is 33.1 Å². The number of amides is 1. The maximum atomic E-state index is 12.4. The predicted octanol–water partition coefficient (Wildman–Crippen LogP) is 2.52. The summed E-state index contributed by atoms with van der Waals surface area (Å²) in [6, 6.07) is 12.9. The van der Waals surface area contributed by atoms with Gasteiger partial charge in [-0.25, -0.2) is 0 Å². The summed E-state index contributed by atoms with van der Waals surface area (Å²) in [7, 11) is 0. The number of para-hydroxylation sites is 1. The highest BCUT2D eigenvalue weighted by Crippen LogP contribution is 2.24. The largest absolute Gasteiger partial charge is 0.350 e. The molecule has 0 bridgehead atoms. The summed E-state index contributed by atoms with van der Waals surface area (Å²) in [6.07, 6.45) is 0.962. The zero-order valence-corrected chi connectivity index (χ0v) is 13.4. The molecule has 1 aliphatic heterocycles. The number of nitro benzene ring substituents is 1. The Balaban J connectivity index is 1.76. The fraction of sp³-hybridized carbons (Fsp3) is 0.278. The first-order valence-corrected chi connectivity index (χ1v) is 7.91. The monoisotopic (exact) mass is 325 g/mol. The van der Waals surface area contributed by atoms with Gasteiger partial charge in [0.2, 0.25) is 0 Å². The van der Waals surface area contributed by atoms with E-state index < -0.39 is 10.8 Å². The Morgan fingerprint density at radius 2 is 2.08 bits per heavy atom. The first-order chi connectivity index (χ1) is 11.6. The van der Waals surface area contributed by atoms with Crippen LogP contribution in [-0.4, -0.2) is 23.9 Å². The molecule has 2 N–H and O–H groups in total. The molecular formula is C18H19N3O3. The number of benzene rings is 2. The number of rotatable bonds is 4. The third kappa shape index (κ3) is 3.14. The topological polar surface area (TPSA) is 84.3 Å². The first-order valence-electron chi connectivity index (χ1n) is 7.91. The maximum Gasteiger partial charge on any atom is 0.285 e. The van der Waals surface area contributed by atoms with Gasteiger partial charge in [-0.3, -0.25) is 14.9 Å². The van der Waals surface area contributed by atoms with Gasteiger partial charge < -0.3 is 10.6 Å². The van der Waals surface area contributed by atoms with Gasteiger partial charge in [0.25, 0.3) is 11.6 Å². The van der Waals surface area contributed by atoms with E-state index in [1.54, 1.807) is 19.1 Å². The third-order valence-electron chi connectivity index (χ3n) is 4.35. The van der Waals surface area contributed by atoms with E-state index in [1.807, 2.05) is 18.2 Å². The minimum Gasteiger partial charge on any atom is -0.350 e. The van der Waals surface area contributed by atoms with Crippen LogP contribution in [0.2, 0.25) is 0 Å². The number of carbonyl (C=O) groups excluding carboxylic acids is 1. The van der Waals surface area contributed by atoms with Crippen LogP contribution in [0.3, 0.4) is 0 Å². The van der Waals surface area contributed by atoms with Crippen LogP contribution in [0.5, 0.6) is 0 Å². The van der Waals surface area contributed by atoms with Crippen molar-refractivity contribution in [3.8, 4) is 0 Å². The van der Waals surface area contributed by atoms with Crippen molar-refractivity contribution < 1.29 is 9.72 Å². The smallest absolute Gasteiger partial charge is 0.285 e. The molecule has 2 aromatic carbocycles. The number of aryl methyl sites for hydroxylation is 1. The van der Waals surface area contributed by atoms with Gasteiger partial charge in [0, 0.05) is 18.2 Å². The van der Waals surface area contributed by atoms with E-state index in [1.165, 1.54) is 17.2 Å². The summed E-state index contributed by atoms with van der Waals surface area (Å²) in [5, 5.41) is 17.4. The maximum absolute atomic E-state index is 12.4. The summed E-state index contributed by atoms with van der Waals surface area (Å²) >= 11 is 0. The van der Waals surface area contributed by atoms with Crippen LogP contribution in [-0.2, 0) is 6.42 Å². The van der Waals surface area contributed by atoms with Crippen LogP contribution in [0.25, 0.3) is 0 Å². The Hall–Kier alpha value is -2.73. The van der Waals surface area contributed by atoms with Gasteiger partial charge in [0.05, 0.1) is 4.92 Å². The lowest BCUT2D eigenvalue weighted by atomic mass is 9.94. The van der Waals surface area contributed by atoms with Gasteiger partial charge in [-0.2, -0.15) is 0 Å². The Morgan fingerprint density at radius 1 is 1.29 bits per heavy atom. The summed E-state index contributed by atoms with van der Waals surface area (Å²) in [5.74, 6) is -0.421. The molecule has 0 spiro atoms. The molecule has 24 heavy (non-hydrogen) atoms. The van der Waals surface area contributed by atoms with Crippen molar-refractivity contribution in [2.75, 3.05) is 13.1 Å². The lowest BCUT2D eigenvalue weighted by Crippen LogP contribution is -2.39. The van der Waals surface area contributed by atoms with Crippen molar-refractivity contribution in [1.29, 1.82) is 0 Å². The molecule has 0 saturated heterocycles. The average molecular weight is 325 g/mol. The number of hydrogen-bond donors (Lipinski definition) is 2. The number of hydrogen-bond acceptors (Lipinski definition) is 4. The second-order valence-electron chi connectivity index (χ2n) is 5.89. The molecule has 3 rings (SSSR count). The number of fused-ring (bicyclic) bond motifs is 1. The highest BCUT2D eigenvalue weighted by Gasteiger charge is 2.24. The fourth-order valence-electron chi connectivity index (χ4n) is 3.15. The fourth-order valence-corrected chi connectivity index (χ4v) is 3.15. The highest BCUT2D eigenvalue weighted by atomic mass is 16.6. The Labute approximate surface area is 140 Å². The van der Waals surface area contributed by atoms with Crippen LogP contribution < -0.4 is 10.6 Å². The van der Waals surface area contributed by atoms with Gasteiger partial charge in [-0.05, 0) is 37.1 Å². The Bertz CT molecular complexity index is 789. The SMILES string of the molecule is Cc1cccc(C(=O)NCC2NCCc3ccccc32)c1[N+](=O)[O-]. The van der Waals surface area contributed by atoms with E-state index in [2.05, 4.69) is 16.7 Å². The molecule has 1 unspecified atom stereocenters. The van der Waals surface area contributed by atoms with E-state index in [0.29, 0.717) is 12.1 Å². The van der Waals surface area contributed by atoms with Gasteiger partial charge in [-0.1, -0.05) is 36.4 Å². The third-order valence-corrected chi connectivity index (χ3v) is 4.35. The summed E-state index contributed by atoms with van der Waals surface area (Å²) in [5.41, 5.74) is 2.89. The molecule has 124 valence electrons. The Kier molecular flexibility index (Phi) is 4.57. The second kappa shape index (κ2) is 6.80. The normalized spacial score (nSPS) is 16.3. The van der Waals surface area contributed by atoms with Crippen LogP contribution >= 0.6 is 0 Å². The van der Waals surface area contributed by atoms with Crippen molar-refractivity contribution in [3.63, 3.8) is 0 Å². The first kappa shape index (κ1) is 16.1. The molecule has 1 amide bonds. The minimum atomic E-state index is -0.502. The molecule has 1 atom stereocenters. The standard InChI is InChI=1S/C18H19N3O3/c1-12-5-4-8-15(17(12)21(23)24)18(22)20-11-16-14-7-3-2-6-13(14)9-10-19-16/h2-8,16,19H,9-11H2,1H3,(H,20,22). The summed E-state index contributed by atoms with van der Waals surface area (Å²) in [6.45, 7) is 2.87. The van der Waals surface area contributed by atoms with Crippen molar-refractivity contribution >= 4 is 11.6 Å². The van der Waals surface area contributed by atoms with Gasteiger partial charge >= 0.3 is 0 Å².